The molecule has 1 aliphatic rings. The molecule has 31 heavy (non-hydrogen) atoms. The molecule has 1 aromatic heterocycles. The molecule has 162 valence electrons. The van der Waals surface area contributed by atoms with Gasteiger partial charge in [-0.15, -0.1) is 24.5 Å². The second-order valence-corrected chi connectivity index (χ2v) is 8.20. The number of likely N-dealkylation sites (tertiary alicyclic amines) is 1. The summed E-state index contributed by atoms with van der Waals surface area (Å²) >= 11 is 1.60. The van der Waals surface area contributed by atoms with E-state index < -0.39 is 18.0 Å². The first kappa shape index (κ1) is 21.3. The first-order valence-corrected chi connectivity index (χ1v) is 10.6. The fraction of sp³-hybridized carbons (Fsp3) is 0.273. The highest BCUT2D eigenvalue weighted by Gasteiger charge is 2.31. The average molecular weight is 447 g/mol. The van der Waals surface area contributed by atoms with Gasteiger partial charge in [-0.3, -0.25) is 9.69 Å². The maximum Gasteiger partial charge on any atom is 0.573 e. The zero-order valence-electron chi connectivity index (χ0n) is 16.4. The molecule has 0 radical (unpaired) electrons. The SMILES string of the molecule is O=C(N[C@@H]1CCN(Cc2ccc(-c3nccs3)cc2)C1)c1cccc(OC(F)(F)F)c1. The van der Waals surface area contributed by atoms with Crippen molar-refractivity contribution >= 4 is 17.2 Å². The number of rotatable bonds is 6. The maximum absolute atomic E-state index is 12.5. The van der Waals surface area contributed by atoms with Gasteiger partial charge < -0.3 is 10.1 Å². The third kappa shape index (κ3) is 5.83. The van der Waals surface area contributed by atoms with Crippen LogP contribution in [0.5, 0.6) is 5.75 Å². The Morgan fingerprint density at radius 3 is 2.74 bits per heavy atom. The van der Waals surface area contributed by atoms with E-state index in [1.807, 2.05) is 5.38 Å². The van der Waals surface area contributed by atoms with Crippen LogP contribution in [0.2, 0.25) is 0 Å². The van der Waals surface area contributed by atoms with Crippen LogP contribution in [0.4, 0.5) is 13.2 Å². The minimum Gasteiger partial charge on any atom is -0.406 e. The molecule has 0 spiro atoms. The second kappa shape index (κ2) is 9.07. The van der Waals surface area contributed by atoms with Crippen LogP contribution in [0.15, 0.2) is 60.1 Å². The molecule has 3 aromatic rings. The number of aromatic nitrogens is 1. The predicted octanol–water partition coefficient (Wildman–Crippen LogP) is 4.71. The van der Waals surface area contributed by atoms with Gasteiger partial charge in [0, 0.05) is 48.4 Å². The van der Waals surface area contributed by atoms with Crippen LogP contribution < -0.4 is 10.1 Å². The van der Waals surface area contributed by atoms with Crippen molar-refractivity contribution in [2.45, 2.75) is 25.4 Å². The Hall–Kier alpha value is -2.91. The number of halogens is 3. The van der Waals surface area contributed by atoms with Crippen molar-refractivity contribution in [1.82, 2.24) is 15.2 Å². The van der Waals surface area contributed by atoms with Gasteiger partial charge in [0.2, 0.25) is 0 Å². The number of nitrogens with zero attached hydrogens (tertiary/aromatic N) is 2. The van der Waals surface area contributed by atoms with E-state index in [1.54, 1.807) is 17.5 Å². The second-order valence-electron chi connectivity index (χ2n) is 7.30. The number of thiazole rings is 1. The largest absolute Gasteiger partial charge is 0.573 e. The molecular formula is C22H20F3N3O2S. The minimum absolute atomic E-state index is 0.0608. The number of benzene rings is 2. The number of hydrogen-bond acceptors (Lipinski definition) is 5. The fourth-order valence-electron chi connectivity index (χ4n) is 3.57. The van der Waals surface area contributed by atoms with Crippen LogP contribution in [0.3, 0.4) is 0 Å². The molecule has 1 N–H and O–H groups in total. The lowest BCUT2D eigenvalue weighted by molar-refractivity contribution is -0.274. The van der Waals surface area contributed by atoms with Gasteiger partial charge in [0.25, 0.3) is 5.91 Å². The summed E-state index contributed by atoms with van der Waals surface area (Å²) in [7, 11) is 0. The number of ether oxygens (including phenoxy) is 1. The maximum atomic E-state index is 12.5. The normalized spacial score (nSPS) is 16.9. The Bertz CT molecular complexity index is 1020. The molecule has 0 unspecified atom stereocenters. The van der Waals surface area contributed by atoms with Gasteiger partial charge in [-0.1, -0.05) is 30.3 Å². The van der Waals surface area contributed by atoms with E-state index in [1.165, 1.54) is 23.8 Å². The van der Waals surface area contributed by atoms with Crippen LogP contribution in [0.1, 0.15) is 22.3 Å². The Kier molecular flexibility index (Phi) is 6.24. The third-order valence-electron chi connectivity index (χ3n) is 4.98. The summed E-state index contributed by atoms with van der Waals surface area (Å²) in [6.45, 7) is 2.27. The van der Waals surface area contributed by atoms with Gasteiger partial charge >= 0.3 is 6.36 Å². The summed E-state index contributed by atoms with van der Waals surface area (Å²) in [4.78, 5) is 19.0. The quantitative estimate of drug-likeness (QED) is 0.595. The van der Waals surface area contributed by atoms with Crippen molar-refractivity contribution in [2.24, 2.45) is 0 Å². The van der Waals surface area contributed by atoms with Crippen LogP contribution in [0.25, 0.3) is 10.6 Å². The molecule has 5 nitrogen and oxygen atoms in total. The summed E-state index contributed by atoms with van der Waals surface area (Å²) in [6.07, 6.45) is -2.23. The van der Waals surface area contributed by atoms with Crippen molar-refractivity contribution in [3.63, 3.8) is 0 Å². The molecule has 2 aromatic carbocycles. The van der Waals surface area contributed by atoms with E-state index in [4.69, 9.17) is 0 Å². The number of nitrogens with one attached hydrogen (secondary N) is 1. The molecule has 0 bridgehead atoms. The third-order valence-corrected chi connectivity index (χ3v) is 5.80. The summed E-state index contributed by atoms with van der Waals surface area (Å²) in [5.41, 5.74) is 2.39. The van der Waals surface area contributed by atoms with E-state index in [2.05, 4.69) is 44.2 Å². The predicted molar refractivity (Wildman–Crippen MR) is 112 cm³/mol. The fourth-order valence-corrected chi connectivity index (χ4v) is 4.22. The van der Waals surface area contributed by atoms with Crippen LogP contribution >= 0.6 is 11.3 Å². The molecule has 1 aliphatic heterocycles. The number of carbonyl (C=O) groups excluding carboxylic acids is 1. The number of alkyl halides is 3. The van der Waals surface area contributed by atoms with Gasteiger partial charge in [-0.25, -0.2) is 4.98 Å². The molecule has 0 saturated carbocycles. The van der Waals surface area contributed by atoms with Crippen LogP contribution in [-0.4, -0.2) is 41.3 Å². The zero-order valence-corrected chi connectivity index (χ0v) is 17.2. The highest BCUT2D eigenvalue weighted by atomic mass is 32.1. The molecule has 2 heterocycles. The lowest BCUT2D eigenvalue weighted by Crippen LogP contribution is -2.37. The first-order valence-electron chi connectivity index (χ1n) is 9.73. The lowest BCUT2D eigenvalue weighted by atomic mass is 10.1. The monoisotopic (exact) mass is 447 g/mol. The smallest absolute Gasteiger partial charge is 0.406 e. The Balaban J connectivity index is 1.30. The molecular weight excluding hydrogens is 427 g/mol. The Labute approximate surface area is 181 Å². The van der Waals surface area contributed by atoms with Crippen molar-refractivity contribution in [3.8, 4) is 16.3 Å². The van der Waals surface area contributed by atoms with Crippen molar-refractivity contribution in [1.29, 1.82) is 0 Å². The van der Waals surface area contributed by atoms with Crippen LogP contribution in [0, 0.1) is 0 Å². The van der Waals surface area contributed by atoms with E-state index in [0.717, 1.165) is 36.1 Å². The summed E-state index contributed by atoms with van der Waals surface area (Å²) in [5.74, 6) is -0.818. The molecule has 1 atom stereocenters. The molecule has 1 fully saturated rings. The standard InChI is InChI=1S/C22H20F3N3O2S/c23-22(24,25)30-19-3-1-2-17(12-19)20(29)27-18-8-10-28(14-18)13-15-4-6-16(7-5-15)21-26-9-11-31-21/h1-7,9,11-12,18H,8,10,13-14H2,(H,27,29)/t18-/m1/s1. The van der Waals surface area contributed by atoms with E-state index >= 15 is 0 Å². The average Bonchev–Trinajstić information content (AvgIpc) is 3.40. The summed E-state index contributed by atoms with van der Waals surface area (Å²) < 4.78 is 41.0. The van der Waals surface area contributed by atoms with E-state index in [9.17, 15) is 18.0 Å². The van der Waals surface area contributed by atoms with Crippen molar-refractivity contribution in [2.75, 3.05) is 13.1 Å². The van der Waals surface area contributed by atoms with Crippen molar-refractivity contribution < 1.29 is 22.7 Å². The highest BCUT2D eigenvalue weighted by Crippen LogP contribution is 2.24. The molecule has 1 amide bonds. The lowest BCUT2D eigenvalue weighted by Gasteiger charge is -2.17. The Morgan fingerprint density at radius 1 is 1.23 bits per heavy atom. The number of carbonyl (C=O) groups is 1. The van der Waals surface area contributed by atoms with E-state index in [-0.39, 0.29) is 11.6 Å². The highest BCUT2D eigenvalue weighted by molar-refractivity contribution is 7.13. The molecule has 0 aliphatic carbocycles. The van der Waals surface area contributed by atoms with Gasteiger partial charge in [-0.05, 0) is 30.2 Å². The van der Waals surface area contributed by atoms with Gasteiger partial charge in [0.15, 0.2) is 0 Å². The summed E-state index contributed by atoms with van der Waals surface area (Å²) in [6, 6.07) is 13.3. The van der Waals surface area contributed by atoms with E-state index in [0.29, 0.717) is 6.54 Å². The number of hydrogen-bond donors (Lipinski definition) is 1. The van der Waals surface area contributed by atoms with Crippen LogP contribution in [-0.2, 0) is 6.54 Å². The van der Waals surface area contributed by atoms with Gasteiger partial charge in [0.1, 0.15) is 10.8 Å². The zero-order chi connectivity index (χ0) is 21.8. The summed E-state index contributed by atoms with van der Waals surface area (Å²) in [5, 5.41) is 5.84. The first-order chi connectivity index (χ1) is 14.9. The Morgan fingerprint density at radius 2 is 2.03 bits per heavy atom. The van der Waals surface area contributed by atoms with Crippen molar-refractivity contribution in [3.05, 3.63) is 71.2 Å². The number of amides is 1. The van der Waals surface area contributed by atoms with Gasteiger partial charge in [0.05, 0.1) is 0 Å². The topological polar surface area (TPSA) is 54.5 Å². The molecule has 9 heteroatoms. The molecule has 1 saturated heterocycles. The van der Waals surface area contributed by atoms with Gasteiger partial charge in [-0.2, -0.15) is 0 Å². The minimum atomic E-state index is -4.79. The molecule has 4 rings (SSSR count).